The van der Waals surface area contributed by atoms with E-state index in [1.54, 1.807) is 25.1 Å². The first-order valence-electron chi connectivity index (χ1n) is 5.23. The number of rotatable bonds is 2. The Morgan fingerprint density at radius 1 is 1.47 bits per heavy atom. The molecule has 0 saturated carbocycles. The van der Waals surface area contributed by atoms with Gasteiger partial charge in [-0.15, -0.1) is 0 Å². The zero-order chi connectivity index (χ0) is 12.4. The van der Waals surface area contributed by atoms with Crippen LogP contribution in [0.5, 0.6) is 0 Å². The number of pyridine rings is 1. The average Bonchev–Trinajstić information content (AvgIpc) is 2.30. The number of carbonyl (C=O) groups is 1. The number of ether oxygens (including phenoxy) is 1. The molecule has 1 aromatic heterocycles. The lowest BCUT2D eigenvalue weighted by molar-refractivity contribution is -0.139. The number of aromatic nitrogens is 1. The Balaban J connectivity index is 2.62. The van der Waals surface area contributed by atoms with Gasteiger partial charge in [-0.05, 0) is 24.6 Å². The average molecular weight is 233 g/mol. The van der Waals surface area contributed by atoms with Crippen molar-refractivity contribution in [1.29, 1.82) is 0 Å². The number of esters is 1. The maximum atomic E-state index is 13.6. The summed E-state index contributed by atoms with van der Waals surface area (Å²) in [5, 5.41) is 0.654. The van der Waals surface area contributed by atoms with Crippen molar-refractivity contribution in [3.05, 3.63) is 41.3 Å². The molecule has 0 bridgehead atoms. The fourth-order valence-electron chi connectivity index (χ4n) is 1.80. The predicted molar refractivity (Wildman–Crippen MR) is 62.2 cm³/mol. The number of benzene rings is 1. The third kappa shape index (κ3) is 2.25. The molecule has 0 saturated heterocycles. The van der Waals surface area contributed by atoms with Crippen molar-refractivity contribution in [2.45, 2.75) is 13.3 Å². The Bertz CT molecular complexity index is 581. The van der Waals surface area contributed by atoms with Gasteiger partial charge in [-0.25, -0.2) is 4.39 Å². The highest BCUT2D eigenvalue weighted by Gasteiger charge is 2.11. The maximum absolute atomic E-state index is 13.6. The first-order chi connectivity index (χ1) is 8.11. The van der Waals surface area contributed by atoms with Crippen LogP contribution in [-0.2, 0) is 16.0 Å². The molecule has 0 aliphatic carbocycles. The zero-order valence-electron chi connectivity index (χ0n) is 9.66. The van der Waals surface area contributed by atoms with Crippen molar-refractivity contribution in [2.75, 3.05) is 7.11 Å². The summed E-state index contributed by atoms with van der Waals surface area (Å²) in [6.45, 7) is 1.77. The summed E-state index contributed by atoms with van der Waals surface area (Å²) >= 11 is 0. The van der Waals surface area contributed by atoms with Crippen LogP contribution in [0.1, 0.15) is 11.3 Å². The van der Waals surface area contributed by atoms with Crippen molar-refractivity contribution < 1.29 is 13.9 Å². The molecule has 0 N–H and O–H groups in total. The van der Waals surface area contributed by atoms with Gasteiger partial charge in [-0.1, -0.05) is 12.1 Å². The smallest absolute Gasteiger partial charge is 0.310 e. The standard InChI is InChI=1S/C13H12FNO2/c1-8-6-9(7-12(16)17-2)10-4-3-5-11(14)13(10)15-8/h3-6H,7H2,1-2H3. The Labute approximate surface area is 98.2 Å². The van der Waals surface area contributed by atoms with Gasteiger partial charge in [-0.3, -0.25) is 9.78 Å². The largest absolute Gasteiger partial charge is 0.469 e. The highest BCUT2D eigenvalue weighted by molar-refractivity contribution is 5.87. The van der Waals surface area contributed by atoms with Gasteiger partial charge in [0.15, 0.2) is 0 Å². The third-order valence-corrected chi connectivity index (χ3v) is 2.57. The molecule has 0 unspecified atom stereocenters. The van der Waals surface area contributed by atoms with E-state index in [0.717, 1.165) is 5.56 Å². The molecule has 0 aliphatic rings. The van der Waals surface area contributed by atoms with Gasteiger partial charge < -0.3 is 4.74 Å². The SMILES string of the molecule is COC(=O)Cc1cc(C)nc2c(F)cccc12. The topological polar surface area (TPSA) is 39.2 Å². The molecule has 17 heavy (non-hydrogen) atoms. The summed E-state index contributed by atoms with van der Waals surface area (Å²) < 4.78 is 18.2. The van der Waals surface area contributed by atoms with Gasteiger partial charge >= 0.3 is 5.97 Å². The maximum Gasteiger partial charge on any atom is 0.310 e. The van der Waals surface area contributed by atoms with E-state index < -0.39 is 0 Å². The molecule has 0 amide bonds. The molecule has 0 aliphatic heterocycles. The lowest BCUT2D eigenvalue weighted by Gasteiger charge is -2.07. The van der Waals surface area contributed by atoms with Crippen LogP contribution in [-0.4, -0.2) is 18.1 Å². The number of halogens is 1. The normalized spacial score (nSPS) is 10.5. The van der Waals surface area contributed by atoms with Crippen molar-refractivity contribution >= 4 is 16.9 Å². The molecule has 4 heteroatoms. The fourth-order valence-corrected chi connectivity index (χ4v) is 1.80. The minimum absolute atomic E-state index is 0.125. The van der Waals surface area contributed by atoms with Gasteiger partial charge in [0.25, 0.3) is 0 Å². The van der Waals surface area contributed by atoms with Crippen LogP contribution in [0.25, 0.3) is 10.9 Å². The van der Waals surface area contributed by atoms with Crippen LogP contribution in [0.15, 0.2) is 24.3 Å². The summed E-state index contributed by atoms with van der Waals surface area (Å²) in [7, 11) is 1.33. The first kappa shape index (κ1) is 11.5. The van der Waals surface area contributed by atoms with Crippen LogP contribution in [0.3, 0.4) is 0 Å². The van der Waals surface area contributed by atoms with Gasteiger partial charge in [0.1, 0.15) is 11.3 Å². The Kier molecular flexibility index (Phi) is 3.04. The van der Waals surface area contributed by atoms with E-state index in [9.17, 15) is 9.18 Å². The van der Waals surface area contributed by atoms with Gasteiger partial charge in [0, 0.05) is 11.1 Å². The quantitative estimate of drug-likeness (QED) is 0.748. The Morgan fingerprint density at radius 3 is 2.94 bits per heavy atom. The molecular weight excluding hydrogens is 221 g/mol. The van der Waals surface area contributed by atoms with Crippen LogP contribution in [0.4, 0.5) is 4.39 Å². The highest BCUT2D eigenvalue weighted by Crippen LogP contribution is 2.21. The van der Waals surface area contributed by atoms with Crippen molar-refractivity contribution in [3.8, 4) is 0 Å². The van der Waals surface area contributed by atoms with E-state index in [1.807, 2.05) is 0 Å². The second kappa shape index (κ2) is 4.49. The van der Waals surface area contributed by atoms with E-state index in [2.05, 4.69) is 9.72 Å². The van der Waals surface area contributed by atoms with Gasteiger partial charge in [-0.2, -0.15) is 0 Å². The number of hydrogen-bond donors (Lipinski definition) is 0. The Morgan fingerprint density at radius 2 is 2.24 bits per heavy atom. The second-order valence-corrected chi connectivity index (χ2v) is 3.81. The molecular formula is C13H12FNO2. The highest BCUT2D eigenvalue weighted by atomic mass is 19.1. The lowest BCUT2D eigenvalue weighted by Crippen LogP contribution is -2.06. The van der Waals surface area contributed by atoms with Gasteiger partial charge in [0.2, 0.25) is 0 Å². The molecule has 0 fully saturated rings. The molecule has 0 atom stereocenters. The lowest BCUT2D eigenvalue weighted by atomic mass is 10.0. The molecule has 1 aromatic carbocycles. The number of aryl methyl sites for hydroxylation is 1. The molecule has 88 valence electrons. The van der Waals surface area contributed by atoms with E-state index in [1.165, 1.54) is 13.2 Å². The molecule has 2 rings (SSSR count). The number of carbonyl (C=O) groups excluding carboxylic acids is 1. The number of fused-ring (bicyclic) bond motifs is 1. The van der Waals surface area contributed by atoms with E-state index in [4.69, 9.17) is 0 Å². The van der Waals surface area contributed by atoms with E-state index in [-0.39, 0.29) is 18.2 Å². The molecule has 0 radical (unpaired) electrons. The van der Waals surface area contributed by atoms with Crippen LogP contribution in [0, 0.1) is 12.7 Å². The zero-order valence-corrected chi connectivity index (χ0v) is 9.66. The van der Waals surface area contributed by atoms with Crippen molar-refractivity contribution in [2.24, 2.45) is 0 Å². The second-order valence-electron chi connectivity index (χ2n) is 3.81. The molecule has 1 heterocycles. The van der Waals surface area contributed by atoms with Crippen molar-refractivity contribution in [3.63, 3.8) is 0 Å². The summed E-state index contributed by atoms with van der Waals surface area (Å²) in [6.07, 6.45) is 0.125. The van der Waals surface area contributed by atoms with Crippen LogP contribution in [0.2, 0.25) is 0 Å². The monoisotopic (exact) mass is 233 g/mol. The number of methoxy groups -OCH3 is 1. The van der Waals surface area contributed by atoms with E-state index in [0.29, 0.717) is 16.6 Å². The summed E-state index contributed by atoms with van der Waals surface area (Å²) in [5.74, 6) is -0.724. The first-order valence-corrected chi connectivity index (χ1v) is 5.23. The summed E-state index contributed by atoms with van der Waals surface area (Å²) in [4.78, 5) is 15.4. The van der Waals surface area contributed by atoms with Gasteiger partial charge in [0.05, 0.1) is 13.5 Å². The minimum Gasteiger partial charge on any atom is -0.469 e. The van der Waals surface area contributed by atoms with Crippen LogP contribution < -0.4 is 0 Å². The minimum atomic E-state index is -0.377. The number of nitrogens with zero attached hydrogens (tertiary/aromatic N) is 1. The molecule has 3 nitrogen and oxygen atoms in total. The van der Waals surface area contributed by atoms with Crippen LogP contribution >= 0.6 is 0 Å². The number of para-hydroxylation sites is 1. The Hall–Kier alpha value is -1.97. The molecule has 2 aromatic rings. The number of hydrogen-bond acceptors (Lipinski definition) is 3. The third-order valence-electron chi connectivity index (χ3n) is 2.57. The fraction of sp³-hybridized carbons (Fsp3) is 0.231. The predicted octanol–water partition coefficient (Wildman–Crippen LogP) is 2.40. The van der Waals surface area contributed by atoms with Crippen molar-refractivity contribution in [1.82, 2.24) is 4.98 Å². The summed E-state index contributed by atoms with van der Waals surface area (Å²) in [6, 6.07) is 6.49. The van der Waals surface area contributed by atoms with E-state index >= 15 is 0 Å². The molecule has 0 spiro atoms. The summed E-state index contributed by atoms with van der Waals surface area (Å²) in [5.41, 5.74) is 1.71.